The third-order valence-electron chi connectivity index (χ3n) is 4.60. The van der Waals surface area contributed by atoms with Gasteiger partial charge in [-0.3, -0.25) is 4.79 Å². The van der Waals surface area contributed by atoms with Crippen molar-refractivity contribution in [3.8, 4) is 0 Å². The Labute approximate surface area is 172 Å². The van der Waals surface area contributed by atoms with Crippen molar-refractivity contribution in [2.75, 3.05) is 0 Å². The van der Waals surface area contributed by atoms with E-state index in [0.29, 0.717) is 11.1 Å². The molecule has 1 amide bonds. The van der Waals surface area contributed by atoms with E-state index in [1.165, 1.54) is 30.3 Å². The Morgan fingerprint density at radius 1 is 0.900 bits per heavy atom. The van der Waals surface area contributed by atoms with Crippen molar-refractivity contribution >= 4 is 15.9 Å². The molecule has 0 atom stereocenters. The Balaban J connectivity index is 1.89. The number of carbonyl (C=O) groups excluding carboxylic acids is 1. The lowest BCUT2D eigenvalue weighted by Crippen LogP contribution is -2.31. The Hall–Kier alpha value is -3.13. The zero-order valence-corrected chi connectivity index (χ0v) is 16.7. The quantitative estimate of drug-likeness (QED) is 0.633. The van der Waals surface area contributed by atoms with Crippen LogP contribution in [0.5, 0.6) is 0 Å². The van der Waals surface area contributed by atoms with Crippen LogP contribution in [0.3, 0.4) is 0 Å². The first-order chi connectivity index (χ1) is 14.1. The van der Waals surface area contributed by atoms with Crippen molar-refractivity contribution in [2.24, 2.45) is 0 Å². The molecule has 0 aliphatic carbocycles. The maximum absolute atomic E-state index is 12.8. The molecule has 3 rings (SSSR count). The molecule has 30 heavy (non-hydrogen) atoms. The predicted molar refractivity (Wildman–Crippen MR) is 107 cm³/mol. The Kier molecular flexibility index (Phi) is 5.98. The molecule has 8 heteroatoms. The highest BCUT2D eigenvalue weighted by atomic mass is 32.2. The van der Waals surface area contributed by atoms with Gasteiger partial charge in [-0.25, -0.2) is 13.1 Å². The van der Waals surface area contributed by atoms with Gasteiger partial charge in [0, 0.05) is 5.56 Å². The van der Waals surface area contributed by atoms with Crippen LogP contribution < -0.4 is 4.72 Å². The minimum absolute atomic E-state index is 0.0460. The number of amides is 1. The van der Waals surface area contributed by atoms with Crippen LogP contribution in [0, 0.1) is 6.92 Å². The monoisotopic (exact) mass is 433 g/mol. The molecule has 0 aliphatic heterocycles. The van der Waals surface area contributed by atoms with Crippen LogP contribution in [0.15, 0.2) is 77.7 Å². The van der Waals surface area contributed by atoms with Crippen molar-refractivity contribution in [3.05, 3.63) is 101 Å². The number of halogens is 3. The fourth-order valence-electron chi connectivity index (χ4n) is 3.00. The van der Waals surface area contributed by atoms with Gasteiger partial charge in [0.25, 0.3) is 15.9 Å². The van der Waals surface area contributed by atoms with E-state index in [1.54, 1.807) is 37.3 Å². The normalized spacial score (nSPS) is 11.9. The highest BCUT2D eigenvalue weighted by Gasteiger charge is 2.30. The molecule has 0 heterocycles. The van der Waals surface area contributed by atoms with Crippen LogP contribution in [0.2, 0.25) is 0 Å². The van der Waals surface area contributed by atoms with Crippen LogP contribution in [0.1, 0.15) is 32.6 Å². The van der Waals surface area contributed by atoms with Gasteiger partial charge in [0.15, 0.2) is 0 Å². The van der Waals surface area contributed by atoms with Crippen LogP contribution >= 0.6 is 0 Å². The summed E-state index contributed by atoms with van der Waals surface area (Å²) in [6.45, 7) is 1.75. The van der Waals surface area contributed by atoms with E-state index in [-0.39, 0.29) is 16.9 Å². The summed E-state index contributed by atoms with van der Waals surface area (Å²) < 4.78 is 65.3. The largest absolute Gasteiger partial charge is 0.416 e. The summed E-state index contributed by atoms with van der Waals surface area (Å²) in [5, 5.41) is 0. The fraction of sp³-hybridized carbons (Fsp3) is 0.136. The number of rotatable bonds is 5. The highest BCUT2D eigenvalue weighted by molar-refractivity contribution is 7.90. The molecule has 0 spiro atoms. The van der Waals surface area contributed by atoms with E-state index in [1.807, 2.05) is 0 Å². The van der Waals surface area contributed by atoms with Crippen LogP contribution in [-0.4, -0.2) is 14.3 Å². The van der Waals surface area contributed by atoms with E-state index in [4.69, 9.17) is 0 Å². The van der Waals surface area contributed by atoms with Crippen molar-refractivity contribution in [1.82, 2.24) is 4.72 Å². The second kappa shape index (κ2) is 8.31. The van der Waals surface area contributed by atoms with E-state index < -0.39 is 27.7 Å². The van der Waals surface area contributed by atoms with Gasteiger partial charge >= 0.3 is 6.18 Å². The average Bonchev–Trinajstić information content (AvgIpc) is 2.69. The summed E-state index contributed by atoms with van der Waals surface area (Å²) in [5.74, 6) is -0.801. The lowest BCUT2D eigenvalue weighted by molar-refractivity contribution is -0.137. The molecule has 0 radical (unpaired) electrons. The smallest absolute Gasteiger partial charge is 0.268 e. The van der Waals surface area contributed by atoms with Crippen molar-refractivity contribution < 1.29 is 26.4 Å². The van der Waals surface area contributed by atoms with Crippen molar-refractivity contribution in [2.45, 2.75) is 24.4 Å². The van der Waals surface area contributed by atoms with Gasteiger partial charge < -0.3 is 0 Å². The van der Waals surface area contributed by atoms with E-state index in [2.05, 4.69) is 4.72 Å². The molecule has 0 fully saturated rings. The van der Waals surface area contributed by atoms with Crippen molar-refractivity contribution in [1.29, 1.82) is 0 Å². The van der Waals surface area contributed by atoms with Crippen LogP contribution in [0.4, 0.5) is 13.2 Å². The fourth-order valence-corrected chi connectivity index (χ4v) is 3.99. The zero-order valence-electron chi connectivity index (χ0n) is 15.9. The number of aryl methyl sites for hydroxylation is 1. The zero-order chi connectivity index (χ0) is 21.9. The second-order valence-electron chi connectivity index (χ2n) is 6.72. The SMILES string of the molecule is Cc1cccc(C(=O)NS(=O)(=O)c2ccccc2)c1Cc1ccc(C(F)(F)F)cc1. The number of nitrogens with one attached hydrogen (secondary N) is 1. The van der Waals surface area contributed by atoms with Crippen molar-refractivity contribution in [3.63, 3.8) is 0 Å². The van der Waals surface area contributed by atoms with Gasteiger partial charge in [-0.05, 0) is 60.4 Å². The Morgan fingerprint density at radius 3 is 2.13 bits per heavy atom. The minimum Gasteiger partial charge on any atom is -0.268 e. The molecule has 1 N–H and O–H groups in total. The Morgan fingerprint density at radius 2 is 1.53 bits per heavy atom. The van der Waals surface area contributed by atoms with Gasteiger partial charge in [0.05, 0.1) is 10.5 Å². The van der Waals surface area contributed by atoms with Gasteiger partial charge in [0.1, 0.15) is 0 Å². The number of benzene rings is 3. The van der Waals surface area contributed by atoms with Crippen LogP contribution in [-0.2, 0) is 22.6 Å². The number of hydrogen-bond donors (Lipinski definition) is 1. The summed E-state index contributed by atoms with van der Waals surface area (Å²) in [4.78, 5) is 12.7. The number of alkyl halides is 3. The summed E-state index contributed by atoms with van der Waals surface area (Å²) in [6.07, 6.45) is -4.25. The van der Waals surface area contributed by atoms with E-state index >= 15 is 0 Å². The molecule has 0 bridgehead atoms. The summed E-state index contributed by atoms with van der Waals surface area (Å²) >= 11 is 0. The maximum atomic E-state index is 12.8. The molecular weight excluding hydrogens is 415 g/mol. The van der Waals surface area contributed by atoms with Gasteiger partial charge in [0.2, 0.25) is 0 Å². The predicted octanol–water partition coefficient (Wildman–Crippen LogP) is 4.72. The molecule has 3 aromatic rings. The minimum atomic E-state index is -4.43. The molecule has 156 valence electrons. The van der Waals surface area contributed by atoms with Gasteiger partial charge in [-0.1, -0.05) is 42.5 Å². The lowest BCUT2D eigenvalue weighted by atomic mass is 9.94. The average molecular weight is 433 g/mol. The topological polar surface area (TPSA) is 63.2 Å². The standard InChI is InChI=1S/C22H18F3NO3S/c1-15-6-5-9-19(21(27)26-30(28,29)18-7-3-2-4-8-18)20(15)14-16-10-12-17(13-11-16)22(23,24)25/h2-13H,14H2,1H3,(H,26,27). The number of hydrogen-bond acceptors (Lipinski definition) is 3. The summed E-state index contributed by atoms with van der Waals surface area (Å²) in [7, 11) is -4.06. The third-order valence-corrected chi connectivity index (χ3v) is 5.94. The molecule has 0 aliphatic rings. The number of sulfonamides is 1. The molecule has 0 saturated heterocycles. The second-order valence-corrected chi connectivity index (χ2v) is 8.40. The van der Waals surface area contributed by atoms with E-state index in [9.17, 15) is 26.4 Å². The van der Waals surface area contributed by atoms with Gasteiger partial charge in [-0.2, -0.15) is 13.2 Å². The molecular formula is C22H18F3NO3S. The van der Waals surface area contributed by atoms with E-state index in [0.717, 1.165) is 17.7 Å². The summed E-state index contributed by atoms with van der Waals surface area (Å²) in [5.41, 5.74) is 1.22. The lowest BCUT2D eigenvalue weighted by Gasteiger charge is -2.14. The number of carbonyl (C=O) groups is 1. The molecule has 0 unspecified atom stereocenters. The van der Waals surface area contributed by atoms with Gasteiger partial charge in [-0.15, -0.1) is 0 Å². The summed E-state index contributed by atoms with van der Waals surface area (Å²) in [6, 6.07) is 17.0. The first-order valence-corrected chi connectivity index (χ1v) is 10.4. The molecule has 0 saturated carbocycles. The molecule has 0 aromatic heterocycles. The third kappa shape index (κ3) is 4.88. The first-order valence-electron chi connectivity index (χ1n) is 8.95. The molecule has 3 aromatic carbocycles. The Bertz CT molecular complexity index is 1160. The molecule has 4 nitrogen and oxygen atoms in total. The highest BCUT2D eigenvalue weighted by Crippen LogP contribution is 2.29. The first kappa shape index (κ1) is 21.6. The maximum Gasteiger partial charge on any atom is 0.416 e. The van der Waals surface area contributed by atoms with Crippen LogP contribution in [0.25, 0.3) is 0 Å².